The molecule has 0 aliphatic carbocycles. The summed E-state index contributed by atoms with van der Waals surface area (Å²) in [7, 11) is 0. The van der Waals surface area contributed by atoms with Crippen molar-refractivity contribution >= 4 is 0 Å². The minimum Gasteiger partial charge on any atom is -0.491 e. The molecule has 118 valence electrons. The average molecular weight is 310 g/mol. The first-order valence-electron chi connectivity index (χ1n) is 7.41. The molecule has 0 saturated heterocycles. The Morgan fingerprint density at radius 2 is 1.83 bits per heavy atom. The number of hydrogen-bond acceptors (Lipinski definition) is 5. The molecule has 1 N–H and O–H groups in total. The molecule has 1 heterocycles. The van der Waals surface area contributed by atoms with Crippen LogP contribution in [0.2, 0.25) is 0 Å². The SMILES string of the molecule is Cc1ccc(-c2nnn(CC(O)COc3ccccc3)n2)cc1. The number of benzene rings is 2. The summed E-state index contributed by atoms with van der Waals surface area (Å²) in [5, 5.41) is 22.3. The monoisotopic (exact) mass is 310 g/mol. The number of hydrogen-bond donors (Lipinski definition) is 1. The summed E-state index contributed by atoms with van der Waals surface area (Å²) in [5.41, 5.74) is 2.08. The van der Waals surface area contributed by atoms with E-state index in [2.05, 4.69) is 15.4 Å². The number of tetrazole rings is 1. The van der Waals surface area contributed by atoms with Crippen LogP contribution in [0, 0.1) is 6.92 Å². The van der Waals surface area contributed by atoms with Gasteiger partial charge in [0.15, 0.2) is 0 Å². The van der Waals surface area contributed by atoms with Crippen molar-refractivity contribution in [2.75, 3.05) is 6.61 Å². The maximum absolute atomic E-state index is 10.0. The lowest BCUT2D eigenvalue weighted by atomic mass is 10.1. The summed E-state index contributed by atoms with van der Waals surface area (Å²) in [6.45, 7) is 2.42. The van der Waals surface area contributed by atoms with Gasteiger partial charge in [-0.05, 0) is 24.3 Å². The van der Waals surface area contributed by atoms with E-state index in [-0.39, 0.29) is 13.2 Å². The standard InChI is InChI=1S/C17H18N4O2/c1-13-7-9-14(10-8-13)17-18-20-21(19-17)11-15(22)12-23-16-5-3-2-4-6-16/h2-10,15,22H,11-12H2,1H3. The maximum atomic E-state index is 10.0. The van der Waals surface area contributed by atoms with Crippen molar-refractivity contribution in [3.8, 4) is 17.1 Å². The van der Waals surface area contributed by atoms with Crippen LogP contribution in [0.15, 0.2) is 54.6 Å². The second-order valence-corrected chi connectivity index (χ2v) is 5.31. The molecule has 1 aromatic heterocycles. The Labute approximate surface area is 134 Å². The van der Waals surface area contributed by atoms with Gasteiger partial charge in [-0.3, -0.25) is 0 Å². The first-order chi connectivity index (χ1) is 11.2. The molecule has 0 aliphatic rings. The number of aliphatic hydroxyl groups is 1. The Morgan fingerprint density at radius 3 is 2.57 bits per heavy atom. The molecule has 6 nitrogen and oxygen atoms in total. The molecule has 6 heteroatoms. The fourth-order valence-corrected chi connectivity index (χ4v) is 2.09. The van der Waals surface area contributed by atoms with Gasteiger partial charge in [0.25, 0.3) is 0 Å². The smallest absolute Gasteiger partial charge is 0.204 e. The summed E-state index contributed by atoms with van der Waals surface area (Å²) in [6.07, 6.45) is -0.713. The van der Waals surface area contributed by atoms with E-state index in [9.17, 15) is 5.11 Å². The molecule has 0 saturated carbocycles. The summed E-state index contributed by atoms with van der Waals surface area (Å²) in [6, 6.07) is 17.3. The zero-order chi connectivity index (χ0) is 16.1. The van der Waals surface area contributed by atoms with Crippen molar-refractivity contribution in [2.24, 2.45) is 0 Å². The number of nitrogens with zero attached hydrogens (tertiary/aromatic N) is 4. The quantitative estimate of drug-likeness (QED) is 0.754. The normalized spacial score (nSPS) is 12.1. The van der Waals surface area contributed by atoms with Gasteiger partial charge in [-0.25, -0.2) is 0 Å². The zero-order valence-corrected chi connectivity index (χ0v) is 12.8. The van der Waals surface area contributed by atoms with Gasteiger partial charge in [-0.1, -0.05) is 48.0 Å². The highest BCUT2D eigenvalue weighted by Crippen LogP contribution is 2.14. The molecule has 3 aromatic rings. The van der Waals surface area contributed by atoms with E-state index in [0.29, 0.717) is 5.82 Å². The summed E-state index contributed by atoms with van der Waals surface area (Å²) in [5.74, 6) is 1.26. The molecule has 0 amide bonds. The molecule has 3 rings (SSSR count). The Balaban J connectivity index is 1.57. The summed E-state index contributed by atoms with van der Waals surface area (Å²) >= 11 is 0. The molecule has 0 bridgehead atoms. The molecule has 0 radical (unpaired) electrons. The van der Waals surface area contributed by atoms with Gasteiger partial charge in [0.1, 0.15) is 18.5 Å². The van der Waals surface area contributed by atoms with Crippen LogP contribution in [-0.4, -0.2) is 38.0 Å². The average Bonchev–Trinajstić information content (AvgIpc) is 3.03. The van der Waals surface area contributed by atoms with Crippen molar-refractivity contribution in [1.82, 2.24) is 20.2 Å². The number of aryl methyl sites for hydroxylation is 1. The van der Waals surface area contributed by atoms with Crippen LogP contribution in [0.1, 0.15) is 5.56 Å². The minimum atomic E-state index is -0.713. The molecule has 1 unspecified atom stereocenters. The van der Waals surface area contributed by atoms with Crippen molar-refractivity contribution in [1.29, 1.82) is 0 Å². The molecule has 23 heavy (non-hydrogen) atoms. The molecule has 0 fully saturated rings. The number of rotatable bonds is 6. The lowest BCUT2D eigenvalue weighted by Crippen LogP contribution is -2.24. The second-order valence-electron chi connectivity index (χ2n) is 5.31. The summed E-state index contributed by atoms with van der Waals surface area (Å²) < 4.78 is 5.51. The fourth-order valence-electron chi connectivity index (χ4n) is 2.09. The van der Waals surface area contributed by atoms with Crippen LogP contribution in [-0.2, 0) is 6.54 Å². The largest absolute Gasteiger partial charge is 0.491 e. The van der Waals surface area contributed by atoms with E-state index in [1.165, 1.54) is 10.4 Å². The van der Waals surface area contributed by atoms with Crippen LogP contribution in [0.4, 0.5) is 0 Å². The van der Waals surface area contributed by atoms with Gasteiger partial charge in [-0.2, -0.15) is 4.80 Å². The predicted molar refractivity (Wildman–Crippen MR) is 85.9 cm³/mol. The molecule has 0 aliphatic heterocycles. The molecule has 1 atom stereocenters. The molecule has 0 spiro atoms. The number of aliphatic hydroxyl groups excluding tert-OH is 1. The first kappa shape index (κ1) is 15.2. The lowest BCUT2D eigenvalue weighted by molar-refractivity contribution is 0.0850. The maximum Gasteiger partial charge on any atom is 0.204 e. The Hall–Kier alpha value is -2.73. The third kappa shape index (κ3) is 4.14. The van der Waals surface area contributed by atoms with E-state index in [4.69, 9.17) is 4.74 Å². The van der Waals surface area contributed by atoms with E-state index >= 15 is 0 Å². The third-order valence-corrected chi connectivity index (χ3v) is 3.32. The highest BCUT2D eigenvalue weighted by molar-refractivity contribution is 5.53. The molecule has 2 aromatic carbocycles. The van der Waals surface area contributed by atoms with Gasteiger partial charge < -0.3 is 9.84 Å². The number of ether oxygens (including phenoxy) is 1. The zero-order valence-electron chi connectivity index (χ0n) is 12.8. The molecular formula is C17H18N4O2. The number of aromatic nitrogens is 4. The van der Waals surface area contributed by atoms with Gasteiger partial charge in [-0.15, -0.1) is 10.2 Å². The van der Waals surface area contributed by atoms with Crippen molar-refractivity contribution in [3.63, 3.8) is 0 Å². The second kappa shape index (κ2) is 7.02. The first-order valence-corrected chi connectivity index (χ1v) is 7.41. The fraction of sp³-hybridized carbons (Fsp3) is 0.235. The topological polar surface area (TPSA) is 73.1 Å². The van der Waals surface area contributed by atoms with Crippen LogP contribution in [0.5, 0.6) is 5.75 Å². The number of para-hydroxylation sites is 1. The van der Waals surface area contributed by atoms with Crippen molar-refractivity contribution in [3.05, 3.63) is 60.2 Å². The Morgan fingerprint density at radius 1 is 1.09 bits per heavy atom. The lowest BCUT2D eigenvalue weighted by Gasteiger charge is -2.11. The van der Waals surface area contributed by atoms with Gasteiger partial charge in [0, 0.05) is 5.56 Å². The van der Waals surface area contributed by atoms with Crippen molar-refractivity contribution in [2.45, 2.75) is 19.6 Å². The highest BCUT2D eigenvalue weighted by atomic mass is 16.5. The van der Waals surface area contributed by atoms with Crippen LogP contribution in [0.3, 0.4) is 0 Å². The minimum absolute atomic E-state index is 0.172. The van der Waals surface area contributed by atoms with E-state index in [0.717, 1.165) is 11.3 Å². The van der Waals surface area contributed by atoms with E-state index in [1.54, 1.807) is 0 Å². The highest BCUT2D eigenvalue weighted by Gasteiger charge is 2.11. The van der Waals surface area contributed by atoms with Crippen molar-refractivity contribution < 1.29 is 9.84 Å². The van der Waals surface area contributed by atoms with E-state index < -0.39 is 6.10 Å². The van der Waals surface area contributed by atoms with Gasteiger partial charge >= 0.3 is 0 Å². The molecular weight excluding hydrogens is 292 g/mol. The van der Waals surface area contributed by atoms with Gasteiger partial charge in [0.05, 0.1) is 6.54 Å². The Kier molecular flexibility index (Phi) is 4.63. The van der Waals surface area contributed by atoms with Crippen LogP contribution in [0.25, 0.3) is 11.4 Å². The van der Waals surface area contributed by atoms with Crippen LogP contribution < -0.4 is 4.74 Å². The predicted octanol–water partition coefficient (Wildman–Crippen LogP) is 2.09. The Bertz CT molecular complexity index is 741. The van der Waals surface area contributed by atoms with E-state index in [1.807, 2.05) is 61.5 Å². The van der Waals surface area contributed by atoms with Crippen LogP contribution >= 0.6 is 0 Å². The summed E-state index contributed by atoms with van der Waals surface area (Å²) in [4.78, 5) is 1.38. The third-order valence-electron chi connectivity index (χ3n) is 3.32. The van der Waals surface area contributed by atoms with Gasteiger partial charge in [0.2, 0.25) is 5.82 Å².